The lowest BCUT2D eigenvalue weighted by Gasteiger charge is -2.16. The second-order valence-electron chi connectivity index (χ2n) is 7.52. The van der Waals surface area contributed by atoms with Crippen LogP contribution < -0.4 is 9.47 Å². The van der Waals surface area contributed by atoms with E-state index in [1.807, 2.05) is 19.1 Å². The standard InChI is InChI=1S/C23H20Cl2O5S/c1-13-3-6-22(31(26,27)28)14(7-13)8-18-10-15-9-17(29-2)12-20(23(15)30-18)19-11-16(24)4-5-21(19)25/h3-7,9,11-12,18H,8,10H2,1-2H3,(H,26,27,28). The van der Waals surface area contributed by atoms with E-state index in [9.17, 15) is 13.0 Å². The summed E-state index contributed by atoms with van der Waals surface area (Å²) in [7, 11) is -2.75. The van der Waals surface area contributed by atoms with Gasteiger partial charge in [0.1, 0.15) is 17.6 Å². The summed E-state index contributed by atoms with van der Waals surface area (Å²) in [5.74, 6) is 1.32. The number of fused-ring (bicyclic) bond motifs is 1. The lowest BCUT2D eigenvalue weighted by molar-refractivity contribution is 0.233. The molecule has 1 N–H and O–H groups in total. The molecule has 0 saturated heterocycles. The van der Waals surface area contributed by atoms with E-state index in [1.54, 1.807) is 37.4 Å². The van der Waals surface area contributed by atoms with E-state index in [0.29, 0.717) is 39.9 Å². The molecule has 0 radical (unpaired) electrons. The number of hydrogen-bond acceptors (Lipinski definition) is 4. The van der Waals surface area contributed by atoms with Crippen molar-refractivity contribution in [3.63, 3.8) is 0 Å². The summed E-state index contributed by atoms with van der Waals surface area (Å²) in [5.41, 5.74) is 3.81. The Kier molecular flexibility index (Phi) is 5.92. The van der Waals surface area contributed by atoms with Crippen LogP contribution in [0.1, 0.15) is 16.7 Å². The molecule has 1 atom stereocenters. The predicted octanol–water partition coefficient (Wildman–Crippen LogP) is 5.77. The number of aryl methyl sites for hydroxylation is 1. The van der Waals surface area contributed by atoms with Crippen molar-refractivity contribution in [2.75, 3.05) is 7.11 Å². The van der Waals surface area contributed by atoms with Gasteiger partial charge in [-0.3, -0.25) is 4.55 Å². The molecular formula is C23H20Cl2O5S. The van der Waals surface area contributed by atoms with Crippen molar-refractivity contribution in [1.29, 1.82) is 0 Å². The first-order chi connectivity index (χ1) is 14.7. The van der Waals surface area contributed by atoms with Crippen molar-refractivity contribution in [3.8, 4) is 22.6 Å². The summed E-state index contributed by atoms with van der Waals surface area (Å²) < 4.78 is 45.0. The largest absolute Gasteiger partial charge is 0.497 e. The van der Waals surface area contributed by atoms with Crippen LogP contribution >= 0.6 is 23.2 Å². The van der Waals surface area contributed by atoms with Crippen LogP contribution in [0.2, 0.25) is 10.0 Å². The zero-order valence-corrected chi connectivity index (χ0v) is 19.2. The van der Waals surface area contributed by atoms with Crippen LogP contribution in [0.4, 0.5) is 0 Å². The highest BCUT2D eigenvalue weighted by atomic mass is 35.5. The molecule has 0 saturated carbocycles. The molecule has 1 unspecified atom stereocenters. The first kappa shape index (κ1) is 22.0. The van der Waals surface area contributed by atoms with Gasteiger partial charge < -0.3 is 9.47 Å². The molecule has 0 bridgehead atoms. The molecule has 1 heterocycles. The molecule has 31 heavy (non-hydrogen) atoms. The van der Waals surface area contributed by atoms with Crippen molar-refractivity contribution < 1.29 is 22.4 Å². The van der Waals surface area contributed by atoms with Gasteiger partial charge in [-0.15, -0.1) is 0 Å². The molecule has 0 spiro atoms. The third-order valence-electron chi connectivity index (χ3n) is 5.27. The first-order valence-electron chi connectivity index (χ1n) is 9.55. The maximum atomic E-state index is 11.8. The highest BCUT2D eigenvalue weighted by Gasteiger charge is 2.29. The van der Waals surface area contributed by atoms with Gasteiger partial charge in [0.15, 0.2) is 0 Å². The van der Waals surface area contributed by atoms with E-state index in [-0.39, 0.29) is 11.0 Å². The fourth-order valence-corrected chi connectivity index (χ4v) is 5.01. The smallest absolute Gasteiger partial charge is 0.294 e. The minimum Gasteiger partial charge on any atom is -0.497 e. The fraction of sp³-hybridized carbons (Fsp3) is 0.217. The molecule has 3 aromatic rings. The average molecular weight is 479 g/mol. The van der Waals surface area contributed by atoms with Crippen LogP contribution in [0.3, 0.4) is 0 Å². The Morgan fingerprint density at radius 3 is 2.58 bits per heavy atom. The van der Waals surface area contributed by atoms with Gasteiger partial charge in [-0.2, -0.15) is 8.42 Å². The third-order valence-corrected chi connectivity index (χ3v) is 6.79. The Balaban J connectivity index is 1.74. The van der Waals surface area contributed by atoms with Crippen LogP contribution in [-0.4, -0.2) is 26.2 Å². The van der Waals surface area contributed by atoms with Crippen molar-refractivity contribution in [2.24, 2.45) is 0 Å². The molecule has 162 valence electrons. The Bertz CT molecular complexity index is 1270. The summed E-state index contributed by atoms with van der Waals surface area (Å²) in [6, 6.07) is 13.8. The summed E-state index contributed by atoms with van der Waals surface area (Å²) in [4.78, 5) is -0.103. The zero-order valence-electron chi connectivity index (χ0n) is 16.9. The second-order valence-corrected chi connectivity index (χ2v) is 9.76. The summed E-state index contributed by atoms with van der Waals surface area (Å²) >= 11 is 12.6. The number of ether oxygens (including phenoxy) is 2. The predicted molar refractivity (Wildman–Crippen MR) is 121 cm³/mol. The first-order valence-corrected chi connectivity index (χ1v) is 11.8. The van der Waals surface area contributed by atoms with E-state index in [4.69, 9.17) is 32.7 Å². The lowest BCUT2D eigenvalue weighted by atomic mass is 9.98. The average Bonchev–Trinajstić information content (AvgIpc) is 3.10. The Morgan fingerprint density at radius 1 is 1.10 bits per heavy atom. The summed E-state index contributed by atoms with van der Waals surface area (Å²) in [6.07, 6.45) is 0.550. The van der Waals surface area contributed by atoms with Gasteiger partial charge in [0.2, 0.25) is 0 Å². The molecule has 1 aliphatic heterocycles. The number of hydrogen-bond donors (Lipinski definition) is 1. The zero-order chi connectivity index (χ0) is 22.3. The molecule has 0 aliphatic carbocycles. The van der Waals surface area contributed by atoms with Crippen LogP contribution in [0.25, 0.3) is 11.1 Å². The van der Waals surface area contributed by atoms with Gasteiger partial charge >= 0.3 is 0 Å². The Hall–Kier alpha value is -2.25. The quantitative estimate of drug-likeness (QED) is 0.471. The monoisotopic (exact) mass is 478 g/mol. The third kappa shape index (κ3) is 4.53. The van der Waals surface area contributed by atoms with E-state index in [0.717, 1.165) is 22.3 Å². The van der Waals surface area contributed by atoms with Crippen molar-refractivity contribution >= 4 is 33.3 Å². The number of benzene rings is 3. The van der Waals surface area contributed by atoms with E-state index in [1.165, 1.54) is 6.07 Å². The van der Waals surface area contributed by atoms with Gasteiger partial charge in [0.05, 0.1) is 12.0 Å². The fourth-order valence-electron chi connectivity index (χ4n) is 3.90. The molecule has 0 aromatic heterocycles. The molecule has 4 rings (SSSR count). The SMILES string of the molecule is COc1cc2c(c(-c3cc(Cl)ccc3Cl)c1)OC(Cc1cc(C)ccc1S(=O)(=O)O)C2. The summed E-state index contributed by atoms with van der Waals surface area (Å²) in [6.45, 7) is 1.87. The van der Waals surface area contributed by atoms with Crippen LogP contribution in [0, 0.1) is 6.92 Å². The van der Waals surface area contributed by atoms with Crippen molar-refractivity contribution in [2.45, 2.75) is 30.8 Å². The van der Waals surface area contributed by atoms with Gasteiger partial charge in [0, 0.05) is 39.6 Å². The Morgan fingerprint density at radius 2 is 1.87 bits per heavy atom. The van der Waals surface area contributed by atoms with Gasteiger partial charge in [-0.1, -0.05) is 40.9 Å². The van der Waals surface area contributed by atoms with E-state index < -0.39 is 10.1 Å². The molecule has 5 nitrogen and oxygen atoms in total. The minimum absolute atomic E-state index is 0.103. The Labute approximate surface area is 191 Å². The molecule has 0 amide bonds. The molecular weight excluding hydrogens is 459 g/mol. The van der Waals surface area contributed by atoms with Gasteiger partial charge in [-0.25, -0.2) is 0 Å². The number of rotatable bonds is 5. The van der Waals surface area contributed by atoms with E-state index in [2.05, 4.69) is 0 Å². The lowest BCUT2D eigenvalue weighted by Crippen LogP contribution is -2.18. The normalized spacial score (nSPS) is 15.5. The van der Waals surface area contributed by atoms with Crippen LogP contribution in [0.5, 0.6) is 11.5 Å². The summed E-state index contributed by atoms with van der Waals surface area (Å²) in [5, 5.41) is 1.07. The van der Waals surface area contributed by atoms with E-state index >= 15 is 0 Å². The maximum absolute atomic E-state index is 11.8. The van der Waals surface area contributed by atoms with Crippen molar-refractivity contribution in [3.05, 3.63) is 75.3 Å². The molecule has 3 aromatic carbocycles. The van der Waals surface area contributed by atoms with Gasteiger partial charge in [-0.05, 0) is 48.9 Å². The number of methoxy groups -OCH3 is 1. The van der Waals surface area contributed by atoms with Crippen molar-refractivity contribution in [1.82, 2.24) is 0 Å². The highest BCUT2D eigenvalue weighted by Crippen LogP contribution is 2.45. The maximum Gasteiger partial charge on any atom is 0.294 e. The van der Waals surface area contributed by atoms with Crippen LogP contribution in [0.15, 0.2) is 53.4 Å². The topological polar surface area (TPSA) is 72.8 Å². The van der Waals surface area contributed by atoms with Crippen LogP contribution in [-0.2, 0) is 23.0 Å². The number of halogens is 2. The highest BCUT2D eigenvalue weighted by molar-refractivity contribution is 7.85. The molecule has 1 aliphatic rings. The second kappa shape index (κ2) is 8.36. The molecule has 0 fully saturated rings. The van der Waals surface area contributed by atoms with Gasteiger partial charge in [0.25, 0.3) is 10.1 Å². The minimum atomic E-state index is -4.34. The molecule has 8 heteroatoms.